The molecule has 4 nitrogen and oxygen atoms in total. The van der Waals surface area contributed by atoms with E-state index in [1.807, 2.05) is 7.05 Å². The molecule has 1 heterocycles. The van der Waals surface area contributed by atoms with Crippen LogP contribution in [-0.2, 0) is 6.54 Å². The van der Waals surface area contributed by atoms with Crippen molar-refractivity contribution in [1.82, 2.24) is 10.6 Å². The van der Waals surface area contributed by atoms with Gasteiger partial charge in [-0.05, 0) is 23.6 Å². The third kappa shape index (κ3) is 5.31. The van der Waals surface area contributed by atoms with Crippen LogP contribution in [0.25, 0.3) is 0 Å². The minimum absolute atomic E-state index is 0.708. The van der Waals surface area contributed by atoms with Gasteiger partial charge in [0.2, 0.25) is 0 Å². The highest BCUT2D eigenvalue weighted by Crippen LogP contribution is 2.18. The van der Waals surface area contributed by atoms with Gasteiger partial charge >= 0.3 is 0 Å². The van der Waals surface area contributed by atoms with Crippen LogP contribution in [0.1, 0.15) is 32.3 Å². The van der Waals surface area contributed by atoms with Crippen LogP contribution in [0, 0.1) is 5.92 Å². The van der Waals surface area contributed by atoms with Gasteiger partial charge in [-0.2, -0.15) is 0 Å². The molecule has 1 aliphatic rings. The van der Waals surface area contributed by atoms with Crippen LogP contribution >= 0.6 is 0 Å². The molecule has 0 amide bonds. The zero-order valence-electron chi connectivity index (χ0n) is 14.7. The highest BCUT2D eigenvalue weighted by molar-refractivity contribution is 5.79. The molecule has 0 saturated heterocycles. The second-order valence-corrected chi connectivity index (χ2v) is 6.04. The first kappa shape index (κ1) is 17.4. The Morgan fingerprint density at radius 2 is 1.91 bits per heavy atom. The summed E-state index contributed by atoms with van der Waals surface area (Å²) >= 11 is 0. The van der Waals surface area contributed by atoms with Crippen molar-refractivity contribution >= 4 is 11.6 Å². The van der Waals surface area contributed by atoms with Gasteiger partial charge in [-0.15, -0.1) is 0 Å². The van der Waals surface area contributed by atoms with Crippen molar-refractivity contribution in [3.8, 4) is 0 Å². The molecule has 1 aromatic rings. The monoisotopic (exact) mass is 314 g/mol. The van der Waals surface area contributed by atoms with E-state index in [0.29, 0.717) is 5.92 Å². The van der Waals surface area contributed by atoms with Gasteiger partial charge in [0.15, 0.2) is 5.96 Å². The number of hydrogen-bond acceptors (Lipinski definition) is 2. The van der Waals surface area contributed by atoms with Crippen LogP contribution < -0.4 is 15.5 Å². The SMILES string of the molecule is CCC(CC)CNC(=NC)NCc1cccc(N2CC=CC2)c1. The molecule has 0 aliphatic carbocycles. The van der Waals surface area contributed by atoms with Crippen LogP contribution in [0.2, 0.25) is 0 Å². The maximum absolute atomic E-state index is 4.32. The molecule has 0 fully saturated rings. The Hall–Kier alpha value is -1.97. The number of guanidine groups is 1. The predicted molar refractivity (Wildman–Crippen MR) is 100 cm³/mol. The van der Waals surface area contributed by atoms with E-state index in [-0.39, 0.29) is 0 Å². The van der Waals surface area contributed by atoms with E-state index in [4.69, 9.17) is 0 Å². The van der Waals surface area contributed by atoms with E-state index >= 15 is 0 Å². The summed E-state index contributed by atoms with van der Waals surface area (Å²) in [5, 5.41) is 6.84. The number of nitrogens with zero attached hydrogens (tertiary/aromatic N) is 2. The molecular formula is C19H30N4. The van der Waals surface area contributed by atoms with E-state index in [1.165, 1.54) is 24.1 Å². The van der Waals surface area contributed by atoms with E-state index in [9.17, 15) is 0 Å². The van der Waals surface area contributed by atoms with E-state index in [2.05, 4.69) is 70.8 Å². The van der Waals surface area contributed by atoms with Gasteiger partial charge in [-0.3, -0.25) is 4.99 Å². The van der Waals surface area contributed by atoms with Gasteiger partial charge in [-0.1, -0.05) is 51.0 Å². The molecule has 0 radical (unpaired) electrons. The van der Waals surface area contributed by atoms with Crippen molar-refractivity contribution in [2.45, 2.75) is 33.2 Å². The number of aliphatic imine (C=N–C) groups is 1. The van der Waals surface area contributed by atoms with Crippen molar-refractivity contribution in [2.24, 2.45) is 10.9 Å². The zero-order chi connectivity index (χ0) is 16.5. The van der Waals surface area contributed by atoms with Crippen molar-refractivity contribution in [2.75, 3.05) is 31.6 Å². The lowest BCUT2D eigenvalue weighted by Crippen LogP contribution is -2.39. The van der Waals surface area contributed by atoms with Crippen LogP contribution in [-0.4, -0.2) is 32.6 Å². The second-order valence-electron chi connectivity index (χ2n) is 6.04. The molecule has 0 bridgehead atoms. The average Bonchev–Trinajstić information content (AvgIpc) is 3.13. The fourth-order valence-electron chi connectivity index (χ4n) is 2.78. The first-order valence-corrected chi connectivity index (χ1v) is 8.70. The number of nitrogens with one attached hydrogen (secondary N) is 2. The second kappa shape index (κ2) is 9.23. The highest BCUT2D eigenvalue weighted by atomic mass is 15.2. The summed E-state index contributed by atoms with van der Waals surface area (Å²) in [6.07, 6.45) is 6.84. The van der Waals surface area contributed by atoms with Crippen LogP contribution in [0.3, 0.4) is 0 Å². The summed E-state index contributed by atoms with van der Waals surface area (Å²) in [6.45, 7) is 8.27. The third-order valence-corrected chi connectivity index (χ3v) is 4.49. The average molecular weight is 314 g/mol. The smallest absolute Gasteiger partial charge is 0.191 e. The lowest BCUT2D eigenvalue weighted by atomic mass is 10.0. The van der Waals surface area contributed by atoms with Crippen molar-refractivity contribution in [3.63, 3.8) is 0 Å². The topological polar surface area (TPSA) is 39.7 Å². The fourth-order valence-corrected chi connectivity index (χ4v) is 2.78. The Morgan fingerprint density at radius 1 is 1.17 bits per heavy atom. The van der Waals surface area contributed by atoms with Crippen LogP contribution in [0.5, 0.6) is 0 Å². The molecule has 0 spiro atoms. The Balaban J connectivity index is 1.85. The maximum atomic E-state index is 4.32. The van der Waals surface area contributed by atoms with Gasteiger partial charge in [0.25, 0.3) is 0 Å². The third-order valence-electron chi connectivity index (χ3n) is 4.49. The molecule has 1 aromatic carbocycles. The summed E-state index contributed by atoms with van der Waals surface area (Å²) in [5.41, 5.74) is 2.56. The maximum Gasteiger partial charge on any atom is 0.191 e. The van der Waals surface area contributed by atoms with Gasteiger partial charge in [0.1, 0.15) is 0 Å². The zero-order valence-corrected chi connectivity index (χ0v) is 14.7. The molecule has 0 unspecified atom stereocenters. The lowest BCUT2D eigenvalue weighted by molar-refractivity contribution is 0.481. The van der Waals surface area contributed by atoms with E-state index < -0.39 is 0 Å². The summed E-state index contributed by atoms with van der Waals surface area (Å²) < 4.78 is 0. The van der Waals surface area contributed by atoms with Gasteiger partial charge < -0.3 is 15.5 Å². The van der Waals surface area contributed by atoms with Gasteiger partial charge in [0.05, 0.1) is 0 Å². The minimum atomic E-state index is 0.708. The molecule has 23 heavy (non-hydrogen) atoms. The van der Waals surface area contributed by atoms with Crippen LogP contribution in [0.15, 0.2) is 41.4 Å². The Kier molecular flexibility index (Phi) is 6.98. The quantitative estimate of drug-likeness (QED) is 0.461. The van der Waals surface area contributed by atoms with Crippen molar-refractivity contribution in [3.05, 3.63) is 42.0 Å². The lowest BCUT2D eigenvalue weighted by Gasteiger charge is -2.19. The summed E-state index contributed by atoms with van der Waals surface area (Å²) in [7, 11) is 1.83. The van der Waals surface area contributed by atoms with E-state index in [1.54, 1.807) is 0 Å². The number of rotatable bonds is 7. The molecule has 0 aromatic heterocycles. The molecule has 4 heteroatoms. The largest absolute Gasteiger partial charge is 0.364 e. The number of hydrogen-bond donors (Lipinski definition) is 2. The standard InChI is InChI=1S/C19H30N4/c1-4-16(5-2)14-21-19(20-3)22-15-17-9-8-10-18(13-17)23-11-6-7-12-23/h6-10,13,16H,4-5,11-12,14-15H2,1-3H3,(H2,20,21,22). The fraction of sp³-hybridized carbons (Fsp3) is 0.526. The van der Waals surface area contributed by atoms with Gasteiger partial charge in [0, 0.05) is 38.9 Å². The minimum Gasteiger partial charge on any atom is -0.364 e. The summed E-state index contributed by atoms with van der Waals surface area (Å²) in [6, 6.07) is 8.73. The van der Waals surface area contributed by atoms with Crippen molar-refractivity contribution in [1.29, 1.82) is 0 Å². The summed E-state index contributed by atoms with van der Waals surface area (Å²) in [5.74, 6) is 1.59. The molecule has 126 valence electrons. The van der Waals surface area contributed by atoms with Crippen molar-refractivity contribution < 1.29 is 0 Å². The molecule has 1 aliphatic heterocycles. The molecule has 2 N–H and O–H groups in total. The molecule has 0 saturated carbocycles. The summed E-state index contributed by atoms with van der Waals surface area (Å²) in [4.78, 5) is 6.68. The Labute approximate surface area is 140 Å². The molecule has 2 rings (SSSR count). The van der Waals surface area contributed by atoms with Crippen LogP contribution in [0.4, 0.5) is 5.69 Å². The highest BCUT2D eigenvalue weighted by Gasteiger charge is 2.08. The normalized spacial score (nSPS) is 14.6. The predicted octanol–water partition coefficient (Wildman–Crippen LogP) is 3.16. The molecule has 0 atom stereocenters. The van der Waals surface area contributed by atoms with E-state index in [0.717, 1.165) is 32.1 Å². The first-order valence-electron chi connectivity index (χ1n) is 8.70. The number of anilines is 1. The molecular weight excluding hydrogens is 284 g/mol. The first-order chi connectivity index (χ1) is 11.3. The van der Waals surface area contributed by atoms with Gasteiger partial charge in [-0.25, -0.2) is 0 Å². The Morgan fingerprint density at radius 3 is 2.57 bits per heavy atom. The number of benzene rings is 1. The Bertz CT molecular complexity index is 524.